The normalized spacial score (nSPS) is 46.6. The fraction of sp³-hybridized carbons (Fsp3) is 0.952. The van der Waals surface area contributed by atoms with Crippen LogP contribution in [0.2, 0.25) is 0 Å². The fourth-order valence-electron chi connectivity index (χ4n) is 4.84. The molecule has 0 spiro atoms. The molecule has 0 radical (unpaired) electrons. The fourth-order valence-corrected chi connectivity index (χ4v) is 4.84. The lowest BCUT2D eigenvalue weighted by molar-refractivity contribution is -0.307. The van der Waals surface area contributed by atoms with Crippen molar-refractivity contribution in [2.24, 2.45) is 22.9 Å². The van der Waals surface area contributed by atoms with Crippen LogP contribution in [0, 0.1) is 0 Å². The molecular weight excluding hydrogens is 514 g/mol. The van der Waals surface area contributed by atoms with E-state index in [0.717, 1.165) is 0 Å². The van der Waals surface area contributed by atoms with E-state index in [0.29, 0.717) is 0 Å². The van der Waals surface area contributed by atoms with Gasteiger partial charge >= 0.3 is 0 Å². The van der Waals surface area contributed by atoms with Gasteiger partial charge in [0.15, 0.2) is 12.6 Å². The number of amides is 1. The molecule has 5 unspecified atom stereocenters. The van der Waals surface area contributed by atoms with Crippen molar-refractivity contribution in [3.8, 4) is 0 Å². The number of nitrogens with one attached hydrogen (secondary N) is 1. The van der Waals surface area contributed by atoms with Crippen LogP contribution < -0.4 is 28.3 Å². The Kier molecular flexibility index (Phi) is 11.1. The van der Waals surface area contributed by atoms with Crippen LogP contribution in [0.5, 0.6) is 0 Å². The Balaban J connectivity index is 1.84. The molecule has 15 atom stereocenters. The van der Waals surface area contributed by atoms with Crippen LogP contribution in [0.1, 0.15) is 12.8 Å². The van der Waals surface area contributed by atoms with Crippen molar-refractivity contribution in [3.63, 3.8) is 0 Å². The summed E-state index contributed by atoms with van der Waals surface area (Å²) in [5, 5.41) is 74.0. The molecule has 222 valence electrons. The first-order chi connectivity index (χ1) is 17.9. The number of aliphatic hydroxyl groups excluding tert-OH is 7. The van der Waals surface area contributed by atoms with Gasteiger partial charge in [0, 0.05) is 12.6 Å². The van der Waals surface area contributed by atoms with Crippen molar-refractivity contribution in [2.45, 2.75) is 105 Å². The third kappa shape index (κ3) is 6.60. The predicted molar refractivity (Wildman–Crippen MR) is 125 cm³/mol. The van der Waals surface area contributed by atoms with E-state index in [9.17, 15) is 40.5 Å². The van der Waals surface area contributed by atoms with Crippen molar-refractivity contribution in [1.29, 1.82) is 0 Å². The third-order valence-electron chi connectivity index (χ3n) is 7.15. The van der Waals surface area contributed by atoms with Crippen LogP contribution >= 0.6 is 0 Å². The molecule has 0 aromatic rings. The maximum atomic E-state index is 12.4. The van der Waals surface area contributed by atoms with E-state index < -0.39 is 104 Å². The molecular formula is C21H41N5O12. The minimum Gasteiger partial charge on any atom is -0.394 e. The zero-order valence-electron chi connectivity index (χ0n) is 20.7. The SMILES string of the molecule is NCC[C@H](O)C(=O)N[C@@H]1CC(N)[C@@H](O[C@H]2OC(CN)[C@@H](O)[C@H](O)C2N)[C@H](O[C@@H]2O[C@H](CO)[C@H](O)C2O)C1O. The Labute approximate surface area is 218 Å². The Morgan fingerprint density at radius 3 is 2.08 bits per heavy atom. The highest BCUT2D eigenvalue weighted by atomic mass is 16.7. The largest absolute Gasteiger partial charge is 0.394 e. The molecule has 2 aliphatic heterocycles. The first kappa shape index (κ1) is 31.4. The zero-order valence-corrected chi connectivity index (χ0v) is 20.7. The monoisotopic (exact) mass is 555 g/mol. The van der Waals surface area contributed by atoms with Gasteiger partial charge in [-0.2, -0.15) is 0 Å². The highest BCUT2D eigenvalue weighted by Gasteiger charge is 2.53. The van der Waals surface area contributed by atoms with Gasteiger partial charge in [0.1, 0.15) is 61.0 Å². The van der Waals surface area contributed by atoms with Gasteiger partial charge in [-0.1, -0.05) is 0 Å². The Morgan fingerprint density at radius 1 is 0.895 bits per heavy atom. The lowest BCUT2D eigenvalue weighted by Gasteiger charge is -2.48. The molecule has 16 N–H and O–H groups in total. The lowest BCUT2D eigenvalue weighted by atomic mass is 9.83. The Morgan fingerprint density at radius 2 is 1.50 bits per heavy atom. The van der Waals surface area contributed by atoms with Gasteiger partial charge in [0.05, 0.1) is 18.7 Å². The van der Waals surface area contributed by atoms with E-state index in [1.54, 1.807) is 0 Å². The first-order valence-corrected chi connectivity index (χ1v) is 12.5. The van der Waals surface area contributed by atoms with Crippen LogP contribution in [-0.2, 0) is 23.7 Å². The van der Waals surface area contributed by atoms with Gasteiger partial charge in [0.25, 0.3) is 0 Å². The summed E-state index contributed by atoms with van der Waals surface area (Å²) < 4.78 is 22.7. The number of hydrogen-bond donors (Lipinski definition) is 12. The highest BCUT2D eigenvalue weighted by molar-refractivity contribution is 5.80. The highest BCUT2D eigenvalue weighted by Crippen LogP contribution is 2.32. The van der Waals surface area contributed by atoms with E-state index in [1.807, 2.05) is 0 Å². The van der Waals surface area contributed by atoms with Gasteiger partial charge in [-0.05, 0) is 19.4 Å². The summed E-state index contributed by atoms with van der Waals surface area (Å²) in [6, 6.07) is -3.29. The molecule has 0 aromatic heterocycles. The summed E-state index contributed by atoms with van der Waals surface area (Å²) in [6.45, 7) is -0.764. The maximum absolute atomic E-state index is 12.4. The zero-order chi connectivity index (χ0) is 28.3. The van der Waals surface area contributed by atoms with Crippen molar-refractivity contribution in [3.05, 3.63) is 0 Å². The summed E-state index contributed by atoms with van der Waals surface area (Å²) >= 11 is 0. The van der Waals surface area contributed by atoms with Crippen molar-refractivity contribution in [2.75, 3.05) is 19.7 Å². The number of hydrogen-bond acceptors (Lipinski definition) is 16. The van der Waals surface area contributed by atoms with Gasteiger partial charge in [-0.3, -0.25) is 4.79 Å². The van der Waals surface area contributed by atoms with Gasteiger partial charge in [0.2, 0.25) is 5.91 Å². The standard InChI is InChI=1S/C21H41N5O12/c22-2-1-8(28)19(34)26-7-3-6(24)17(37-20-11(25)15(32)13(30)9(4-23)35-20)18(12(7)29)38-21-16(33)14(31)10(5-27)36-21/h6-18,20-21,27-33H,1-5,22-25H2,(H,26,34)/t6?,7-,8+,9?,10-,11?,12?,13-,14+,15-,16?,17-,18-,20-,21+/m1/s1. The first-order valence-electron chi connectivity index (χ1n) is 12.5. The predicted octanol–water partition coefficient (Wildman–Crippen LogP) is -7.79. The Hall–Kier alpha value is -1.13. The average molecular weight is 556 g/mol. The van der Waals surface area contributed by atoms with Gasteiger partial charge in [-0.15, -0.1) is 0 Å². The molecule has 1 aliphatic carbocycles. The molecule has 2 heterocycles. The average Bonchev–Trinajstić information content (AvgIpc) is 3.16. The summed E-state index contributed by atoms with van der Waals surface area (Å²) in [7, 11) is 0. The minimum absolute atomic E-state index is 0.0255. The van der Waals surface area contributed by atoms with Crippen LogP contribution in [0.25, 0.3) is 0 Å². The number of ether oxygens (including phenoxy) is 4. The van der Waals surface area contributed by atoms with Crippen LogP contribution in [-0.4, -0.2) is 153 Å². The molecule has 38 heavy (non-hydrogen) atoms. The molecule has 3 rings (SSSR count). The molecule has 0 aromatic carbocycles. The maximum Gasteiger partial charge on any atom is 0.249 e. The van der Waals surface area contributed by atoms with Gasteiger partial charge in [-0.25, -0.2) is 0 Å². The summed E-state index contributed by atoms with van der Waals surface area (Å²) in [4.78, 5) is 12.4. The minimum atomic E-state index is -1.62. The molecule has 17 heteroatoms. The Bertz CT molecular complexity index is 770. The van der Waals surface area contributed by atoms with Crippen molar-refractivity contribution >= 4 is 5.91 Å². The molecule has 2 saturated heterocycles. The van der Waals surface area contributed by atoms with Crippen molar-refractivity contribution < 1.29 is 59.5 Å². The number of nitrogens with two attached hydrogens (primary N) is 4. The van der Waals surface area contributed by atoms with E-state index in [-0.39, 0.29) is 25.9 Å². The smallest absolute Gasteiger partial charge is 0.249 e. The van der Waals surface area contributed by atoms with E-state index in [2.05, 4.69) is 5.32 Å². The van der Waals surface area contributed by atoms with Crippen LogP contribution in [0.3, 0.4) is 0 Å². The molecule has 17 nitrogen and oxygen atoms in total. The van der Waals surface area contributed by atoms with Crippen LogP contribution in [0.15, 0.2) is 0 Å². The van der Waals surface area contributed by atoms with Crippen LogP contribution in [0.4, 0.5) is 0 Å². The number of carbonyl (C=O) groups is 1. The van der Waals surface area contributed by atoms with E-state index in [1.165, 1.54) is 0 Å². The molecule has 3 aliphatic rings. The quantitative estimate of drug-likeness (QED) is 0.119. The number of aliphatic hydroxyl groups is 7. The number of carbonyl (C=O) groups excluding carboxylic acids is 1. The summed E-state index contributed by atoms with van der Waals surface area (Å²) in [5.41, 5.74) is 23.3. The second kappa shape index (κ2) is 13.5. The summed E-state index contributed by atoms with van der Waals surface area (Å²) in [5.74, 6) is -0.807. The van der Waals surface area contributed by atoms with Gasteiger partial charge < -0.3 is 82.9 Å². The third-order valence-corrected chi connectivity index (χ3v) is 7.15. The summed E-state index contributed by atoms with van der Waals surface area (Å²) in [6.07, 6.45) is -16.9. The molecule has 1 saturated carbocycles. The molecule has 0 bridgehead atoms. The topological polar surface area (TPSA) is 312 Å². The number of rotatable bonds is 10. The second-order valence-electron chi connectivity index (χ2n) is 9.84. The van der Waals surface area contributed by atoms with Crippen molar-refractivity contribution in [1.82, 2.24) is 5.32 Å². The molecule has 1 amide bonds. The molecule has 3 fully saturated rings. The van der Waals surface area contributed by atoms with E-state index in [4.69, 9.17) is 41.9 Å². The lowest BCUT2D eigenvalue weighted by Crippen LogP contribution is -2.69. The second-order valence-corrected chi connectivity index (χ2v) is 9.84. The van der Waals surface area contributed by atoms with E-state index >= 15 is 0 Å².